The largest absolute Gasteiger partial charge is 0.335 e. The summed E-state index contributed by atoms with van der Waals surface area (Å²) in [7, 11) is 0. The number of amides is 7. The standard InChI is InChI=1S/C22H32N6O4/c1-4-12-23-19(30)26-15-16-27(20(31)24-17-10-8-7-9-11-17)22(26)18(29)25(13-5-2)21(32)28(22)14-6-3/h4-6,17H,1-3,7-16H2,(H,23,30)(H,24,31). The van der Waals surface area contributed by atoms with E-state index in [1.54, 1.807) is 0 Å². The molecule has 0 aromatic rings. The number of urea groups is 3. The molecule has 0 bridgehead atoms. The van der Waals surface area contributed by atoms with Gasteiger partial charge in [0.2, 0.25) is 0 Å². The van der Waals surface area contributed by atoms with E-state index in [-0.39, 0.29) is 38.8 Å². The third kappa shape index (κ3) is 3.85. The Bertz CT molecular complexity index is 808. The zero-order valence-electron chi connectivity index (χ0n) is 18.4. The zero-order chi connectivity index (χ0) is 23.3. The Balaban J connectivity index is 2.03. The molecule has 3 fully saturated rings. The van der Waals surface area contributed by atoms with Gasteiger partial charge in [-0.25, -0.2) is 14.4 Å². The van der Waals surface area contributed by atoms with Crippen LogP contribution in [-0.2, 0) is 4.79 Å². The fraction of sp³-hybridized carbons (Fsp3) is 0.545. The van der Waals surface area contributed by atoms with Crippen LogP contribution in [-0.4, -0.2) is 88.2 Å². The highest BCUT2D eigenvalue weighted by molar-refractivity contribution is 6.10. The number of nitrogens with one attached hydrogen (secondary N) is 2. The molecule has 0 radical (unpaired) electrons. The molecule has 10 heteroatoms. The van der Waals surface area contributed by atoms with Gasteiger partial charge in [0, 0.05) is 38.8 Å². The van der Waals surface area contributed by atoms with Crippen molar-refractivity contribution in [3.8, 4) is 0 Å². The van der Waals surface area contributed by atoms with Crippen LogP contribution in [0.25, 0.3) is 0 Å². The van der Waals surface area contributed by atoms with Crippen molar-refractivity contribution < 1.29 is 19.2 Å². The van der Waals surface area contributed by atoms with E-state index in [1.165, 1.54) is 32.9 Å². The molecule has 3 rings (SSSR count). The maximum absolute atomic E-state index is 13.7. The third-order valence-electron chi connectivity index (χ3n) is 6.11. The Morgan fingerprint density at radius 1 is 0.938 bits per heavy atom. The summed E-state index contributed by atoms with van der Waals surface area (Å²) in [6.45, 7) is 11.2. The van der Waals surface area contributed by atoms with Crippen molar-refractivity contribution in [3.63, 3.8) is 0 Å². The maximum Gasteiger partial charge on any atom is 0.331 e. The molecule has 1 spiro atoms. The van der Waals surface area contributed by atoms with E-state index in [4.69, 9.17) is 0 Å². The van der Waals surface area contributed by atoms with E-state index in [9.17, 15) is 19.2 Å². The molecule has 32 heavy (non-hydrogen) atoms. The van der Waals surface area contributed by atoms with E-state index in [1.807, 2.05) is 0 Å². The lowest BCUT2D eigenvalue weighted by Crippen LogP contribution is -2.71. The van der Waals surface area contributed by atoms with E-state index >= 15 is 0 Å². The lowest BCUT2D eigenvalue weighted by molar-refractivity contribution is -0.147. The fourth-order valence-corrected chi connectivity index (χ4v) is 4.71. The lowest BCUT2D eigenvalue weighted by atomic mass is 9.96. The smallest absolute Gasteiger partial charge is 0.331 e. The monoisotopic (exact) mass is 444 g/mol. The third-order valence-corrected chi connectivity index (χ3v) is 6.11. The molecular formula is C22H32N6O4. The van der Waals surface area contributed by atoms with Crippen molar-refractivity contribution in [2.75, 3.05) is 32.7 Å². The van der Waals surface area contributed by atoms with Gasteiger partial charge in [-0.15, -0.1) is 19.7 Å². The molecule has 1 unspecified atom stereocenters. The average Bonchev–Trinajstić information content (AvgIpc) is 3.28. The molecule has 174 valence electrons. The van der Waals surface area contributed by atoms with Crippen molar-refractivity contribution in [1.82, 2.24) is 30.2 Å². The summed E-state index contributed by atoms with van der Waals surface area (Å²) in [5, 5.41) is 5.68. The molecule has 7 amide bonds. The quantitative estimate of drug-likeness (QED) is 0.462. The first-order valence-corrected chi connectivity index (χ1v) is 11.0. The first-order chi connectivity index (χ1) is 15.4. The Kier molecular flexibility index (Phi) is 7.22. The van der Waals surface area contributed by atoms with Crippen LogP contribution < -0.4 is 10.6 Å². The second kappa shape index (κ2) is 9.88. The van der Waals surface area contributed by atoms with Crippen molar-refractivity contribution >= 4 is 24.0 Å². The molecular weight excluding hydrogens is 412 g/mol. The van der Waals surface area contributed by atoms with Gasteiger partial charge in [-0.1, -0.05) is 37.5 Å². The predicted octanol–water partition coefficient (Wildman–Crippen LogP) is 1.83. The summed E-state index contributed by atoms with van der Waals surface area (Å²) < 4.78 is 0. The van der Waals surface area contributed by atoms with Crippen LogP contribution in [0.2, 0.25) is 0 Å². The topological polar surface area (TPSA) is 105 Å². The molecule has 10 nitrogen and oxygen atoms in total. The minimum Gasteiger partial charge on any atom is -0.335 e. The Morgan fingerprint density at radius 3 is 2.16 bits per heavy atom. The van der Waals surface area contributed by atoms with E-state index in [2.05, 4.69) is 30.4 Å². The highest BCUT2D eigenvalue weighted by Crippen LogP contribution is 2.39. The molecule has 2 saturated heterocycles. The Hall–Kier alpha value is -3.30. The minimum atomic E-state index is -1.90. The molecule has 2 heterocycles. The summed E-state index contributed by atoms with van der Waals surface area (Å²) in [6, 6.07) is -1.63. The molecule has 3 aliphatic rings. The van der Waals surface area contributed by atoms with Crippen LogP contribution in [0.5, 0.6) is 0 Å². The summed E-state index contributed by atoms with van der Waals surface area (Å²) in [5.74, 6) is -2.56. The number of rotatable bonds is 7. The minimum absolute atomic E-state index is 0.00119. The number of hydrogen-bond donors (Lipinski definition) is 2. The van der Waals surface area contributed by atoms with Crippen molar-refractivity contribution in [2.24, 2.45) is 0 Å². The van der Waals surface area contributed by atoms with Crippen LogP contribution in [0.4, 0.5) is 14.4 Å². The van der Waals surface area contributed by atoms with Gasteiger partial charge in [-0.05, 0) is 12.8 Å². The summed E-state index contributed by atoms with van der Waals surface area (Å²) in [6.07, 6.45) is 9.34. The van der Waals surface area contributed by atoms with Gasteiger partial charge in [0.25, 0.3) is 5.79 Å². The first kappa shape index (κ1) is 23.4. The van der Waals surface area contributed by atoms with Crippen LogP contribution in [0.1, 0.15) is 32.1 Å². The van der Waals surface area contributed by atoms with E-state index in [0.29, 0.717) is 0 Å². The predicted molar refractivity (Wildman–Crippen MR) is 119 cm³/mol. The van der Waals surface area contributed by atoms with Crippen molar-refractivity contribution in [3.05, 3.63) is 38.0 Å². The Labute approximate surface area is 188 Å². The second-order valence-electron chi connectivity index (χ2n) is 8.08. The number of carbonyl (C=O) groups excluding carboxylic acids is 4. The second-order valence-corrected chi connectivity index (χ2v) is 8.08. The molecule has 1 saturated carbocycles. The molecule has 2 N–H and O–H groups in total. The Morgan fingerprint density at radius 2 is 1.56 bits per heavy atom. The van der Waals surface area contributed by atoms with Crippen molar-refractivity contribution in [2.45, 2.75) is 43.9 Å². The molecule has 2 aliphatic heterocycles. The van der Waals surface area contributed by atoms with Gasteiger partial charge >= 0.3 is 24.0 Å². The SMILES string of the molecule is C=CCNC(=O)N1CCN(C(=O)NC2CCCCC2)C12C(=O)N(CC=C)C(=O)N2CC=C. The van der Waals surface area contributed by atoms with Crippen LogP contribution in [0.3, 0.4) is 0 Å². The number of nitrogens with zero attached hydrogens (tertiary/aromatic N) is 4. The highest BCUT2D eigenvalue weighted by atomic mass is 16.2. The normalized spacial score (nSPS) is 23.6. The molecule has 0 aromatic heterocycles. The van der Waals surface area contributed by atoms with Crippen LogP contribution in [0, 0.1) is 0 Å². The zero-order valence-corrected chi connectivity index (χ0v) is 18.4. The summed E-state index contributed by atoms with van der Waals surface area (Å²) in [4.78, 5) is 58.2. The van der Waals surface area contributed by atoms with Gasteiger partial charge in [0.1, 0.15) is 0 Å². The molecule has 1 aliphatic carbocycles. The highest BCUT2D eigenvalue weighted by Gasteiger charge is 2.69. The molecule has 0 aromatic carbocycles. The maximum atomic E-state index is 13.7. The van der Waals surface area contributed by atoms with Gasteiger partial charge in [0.05, 0.1) is 0 Å². The summed E-state index contributed by atoms with van der Waals surface area (Å²) >= 11 is 0. The summed E-state index contributed by atoms with van der Waals surface area (Å²) in [5.41, 5.74) is 0. The van der Waals surface area contributed by atoms with Gasteiger partial charge < -0.3 is 10.6 Å². The van der Waals surface area contributed by atoms with Crippen LogP contribution >= 0.6 is 0 Å². The number of imide groups is 1. The number of hydrogen-bond acceptors (Lipinski definition) is 4. The first-order valence-electron chi connectivity index (χ1n) is 11.0. The number of carbonyl (C=O) groups is 4. The van der Waals surface area contributed by atoms with Gasteiger partial charge in [-0.3, -0.25) is 24.4 Å². The van der Waals surface area contributed by atoms with Crippen molar-refractivity contribution in [1.29, 1.82) is 0 Å². The van der Waals surface area contributed by atoms with E-state index in [0.717, 1.165) is 37.0 Å². The lowest BCUT2D eigenvalue weighted by Gasteiger charge is -2.43. The average molecular weight is 445 g/mol. The van der Waals surface area contributed by atoms with Gasteiger partial charge in [-0.2, -0.15) is 0 Å². The van der Waals surface area contributed by atoms with Crippen LogP contribution in [0.15, 0.2) is 38.0 Å². The fourth-order valence-electron chi connectivity index (χ4n) is 4.71. The molecule has 1 atom stereocenters. The van der Waals surface area contributed by atoms with Gasteiger partial charge in [0.15, 0.2) is 0 Å². The van der Waals surface area contributed by atoms with E-state index < -0.39 is 29.8 Å².